The molecule has 1 atom stereocenters. The van der Waals surface area contributed by atoms with Crippen LogP contribution in [0.3, 0.4) is 0 Å². The first-order valence-corrected chi connectivity index (χ1v) is 7.25. The van der Waals surface area contributed by atoms with Gasteiger partial charge in [-0.1, -0.05) is 31.2 Å². The zero-order chi connectivity index (χ0) is 15.1. The van der Waals surface area contributed by atoms with Crippen LogP contribution < -0.4 is 10.2 Å². The maximum atomic E-state index is 11.8. The molecule has 1 heterocycles. The third kappa shape index (κ3) is 4.06. The van der Waals surface area contributed by atoms with E-state index in [4.69, 9.17) is 9.47 Å². The minimum atomic E-state index is -0.733. The van der Waals surface area contributed by atoms with E-state index in [-0.39, 0.29) is 12.5 Å². The van der Waals surface area contributed by atoms with Crippen molar-refractivity contribution in [3.8, 4) is 0 Å². The van der Waals surface area contributed by atoms with Crippen molar-refractivity contribution in [2.75, 3.05) is 25.1 Å². The predicted molar refractivity (Wildman–Crippen MR) is 81.8 cm³/mol. The lowest BCUT2D eigenvalue weighted by Gasteiger charge is -2.33. The average molecular weight is 290 g/mol. The van der Waals surface area contributed by atoms with Gasteiger partial charge in [-0.05, 0) is 31.5 Å². The van der Waals surface area contributed by atoms with Crippen LogP contribution in [0.5, 0.6) is 0 Å². The lowest BCUT2D eigenvalue weighted by Crippen LogP contribution is -2.40. The molecule has 0 spiro atoms. The number of esters is 1. The smallest absolute Gasteiger partial charge is 0.323 e. The van der Waals surface area contributed by atoms with Crippen LogP contribution in [0.4, 0.5) is 5.69 Å². The number of hydrogen-bond acceptors (Lipinski definition) is 5. The quantitative estimate of drug-likeness (QED) is 0.615. The van der Waals surface area contributed by atoms with Crippen molar-refractivity contribution in [3.63, 3.8) is 0 Å². The normalized spacial score (nSPS) is 14.7. The highest BCUT2D eigenvalue weighted by atomic mass is 16.7. The van der Waals surface area contributed by atoms with E-state index in [9.17, 15) is 4.79 Å². The molecule has 2 rings (SSSR count). The molecule has 0 saturated heterocycles. The number of anilines is 1. The van der Waals surface area contributed by atoms with Gasteiger partial charge in [0.1, 0.15) is 0 Å². The molecular weight excluding hydrogens is 268 g/mol. The Morgan fingerprint density at radius 2 is 2.24 bits per heavy atom. The molecule has 0 aromatic heterocycles. The van der Waals surface area contributed by atoms with Crippen LogP contribution in [0.2, 0.25) is 0 Å². The Morgan fingerprint density at radius 3 is 3.00 bits per heavy atom. The molecule has 1 aromatic carbocycles. The number of nitrogens with one attached hydrogen (secondary N) is 1. The summed E-state index contributed by atoms with van der Waals surface area (Å²) in [4.78, 5) is 13.6. The molecule has 1 aliphatic heterocycles. The number of ether oxygens (including phenoxy) is 2. The molecule has 0 bridgehead atoms. The summed E-state index contributed by atoms with van der Waals surface area (Å²) in [6, 6.07) is 8.05. The molecule has 0 amide bonds. The fraction of sp³-hybridized carbons (Fsp3) is 0.438. The number of fused-ring (bicyclic) bond motifs is 1. The second-order valence-corrected chi connectivity index (χ2v) is 4.82. The molecule has 5 heteroatoms. The van der Waals surface area contributed by atoms with E-state index >= 15 is 0 Å². The third-order valence-electron chi connectivity index (χ3n) is 3.12. The summed E-state index contributed by atoms with van der Waals surface area (Å²) in [7, 11) is 1.71. The number of carbonyl (C=O) groups excluding carboxylic acids is 1. The Kier molecular flexibility index (Phi) is 5.78. The van der Waals surface area contributed by atoms with Gasteiger partial charge in [0.2, 0.25) is 0 Å². The standard InChI is InChI=1S/C16H22N2O3/c1-3-11-20-16(21-15(19)12-17-2)18-10-6-8-13-7-4-5-9-14(13)18/h4-7,9-10,16-17H,3,8,11-12H2,1-2H3. The van der Waals surface area contributed by atoms with Gasteiger partial charge in [-0.25, -0.2) is 0 Å². The van der Waals surface area contributed by atoms with Gasteiger partial charge < -0.3 is 14.8 Å². The van der Waals surface area contributed by atoms with Crippen molar-refractivity contribution in [3.05, 3.63) is 42.1 Å². The number of para-hydroxylation sites is 1. The maximum Gasteiger partial charge on any atom is 0.323 e. The van der Waals surface area contributed by atoms with Crippen molar-refractivity contribution in [2.24, 2.45) is 0 Å². The summed E-state index contributed by atoms with van der Waals surface area (Å²) in [6.45, 7) is 2.71. The molecule has 0 radical (unpaired) electrons. The Bertz CT molecular complexity index is 502. The highest BCUT2D eigenvalue weighted by Gasteiger charge is 2.25. The van der Waals surface area contributed by atoms with E-state index in [1.54, 1.807) is 7.05 Å². The molecule has 1 aliphatic rings. The molecule has 0 aliphatic carbocycles. The van der Waals surface area contributed by atoms with E-state index in [0.29, 0.717) is 6.61 Å². The largest absolute Gasteiger partial charge is 0.415 e. The Morgan fingerprint density at radius 1 is 1.43 bits per heavy atom. The Balaban J connectivity index is 2.17. The number of rotatable bonds is 7. The van der Waals surface area contributed by atoms with Gasteiger partial charge in [-0.3, -0.25) is 9.69 Å². The van der Waals surface area contributed by atoms with Gasteiger partial charge in [0.25, 0.3) is 6.41 Å². The summed E-state index contributed by atoms with van der Waals surface area (Å²) in [5.41, 5.74) is 2.20. The van der Waals surface area contributed by atoms with Crippen LogP contribution in [0.25, 0.3) is 0 Å². The highest BCUT2D eigenvalue weighted by molar-refractivity contribution is 5.72. The summed E-state index contributed by atoms with van der Waals surface area (Å²) < 4.78 is 11.1. The van der Waals surface area contributed by atoms with Crippen molar-refractivity contribution in [2.45, 2.75) is 26.2 Å². The fourth-order valence-electron chi connectivity index (χ4n) is 2.18. The van der Waals surface area contributed by atoms with Crippen LogP contribution >= 0.6 is 0 Å². The molecule has 114 valence electrons. The Labute approximate surface area is 125 Å². The topological polar surface area (TPSA) is 50.8 Å². The van der Waals surface area contributed by atoms with Crippen molar-refractivity contribution in [1.29, 1.82) is 0 Å². The average Bonchev–Trinajstić information content (AvgIpc) is 2.51. The summed E-state index contributed by atoms with van der Waals surface area (Å²) >= 11 is 0. The van der Waals surface area contributed by atoms with Crippen molar-refractivity contribution in [1.82, 2.24) is 5.32 Å². The van der Waals surface area contributed by atoms with Gasteiger partial charge in [-0.2, -0.15) is 0 Å². The second kappa shape index (κ2) is 7.81. The molecule has 1 N–H and O–H groups in total. The third-order valence-corrected chi connectivity index (χ3v) is 3.12. The lowest BCUT2D eigenvalue weighted by molar-refractivity contribution is -0.176. The molecular formula is C16H22N2O3. The first-order valence-electron chi connectivity index (χ1n) is 7.25. The van der Waals surface area contributed by atoms with Gasteiger partial charge in [-0.15, -0.1) is 0 Å². The van der Waals surface area contributed by atoms with E-state index in [0.717, 1.165) is 18.5 Å². The minimum Gasteiger partial charge on any atom is -0.415 e. The van der Waals surface area contributed by atoms with Gasteiger partial charge >= 0.3 is 5.97 Å². The van der Waals surface area contributed by atoms with Crippen molar-refractivity contribution >= 4 is 11.7 Å². The first-order chi connectivity index (χ1) is 10.3. The number of benzene rings is 1. The summed E-state index contributed by atoms with van der Waals surface area (Å²) in [5, 5.41) is 2.78. The fourth-order valence-corrected chi connectivity index (χ4v) is 2.18. The lowest BCUT2D eigenvalue weighted by atomic mass is 10.1. The number of allylic oxidation sites excluding steroid dienone is 1. The Hall–Kier alpha value is -1.85. The van der Waals surface area contributed by atoms with E-state index < -0.39 is 6.41 Å². The SMILES string of the molecule is CCCOC(OC(=O)CNC)N1C=CCc2ccccc21. The van der Waals surface area contributed by atoms with Crippen molar-refractivity contribution < 1.29 is 14.3 Å². The summed E-state index contributed by atoms with van der Waals surface area (Å²) in [5.74, 6) is -0.338. The number of likely N-dealkylation sites (N-methyl/N-ethyl adjacent to an activating group) is 1. The first kappa shape index (κ1) is 15.5. The van der Waals surface area contributed by atoms with Crippen LogP contribution in [0.15, 0.2) is 36.5 Å². The van der Waals surface area contributed by atoms with Gasteiger partial charge in [0, 0.05) is 11.9 Å². The van der Waals surface area contributed by atoms with Gasteiger partial charge in [0.15, 0.2) is 0 Å². The molecule has 21 heavy (non-hydrogen) atoms. The van der Waals surface area contributed by atoms with E-state index in [2.05, 4.69) is 11.4 Å². The second-order valence-electron chi connectivity index (χ2n) is 4.82. The number of hydrogen-bond donors (Lipinski definition) is 1. The van der Waals surface area contributed by atoms with E-state index in [1.165, 1.54) is 5.56 Å². The highest BCUT2D eigenvalue weighted by Crippen LogP contribution is 2.28. The predicted octanol–water partition coefficient (Wildman–Crippen LogP) is 2.04. The monoisotopic (exact) mass is 290 g/mol. The van der Waals surface area contributed by atoms with Crippen LogP contribution in [0, 0.1) is 0 Å². The molecule has 5 nitrogen and oxygen atoms in total. The number of nitrogens with zero attached hydrogens (tertiary/aromatic N) is 1. The zero-order valence-electron chi connectivity index (χ0n) is 12.5. The molecule has 1 aromatic rings. The zero-order valence-corrected chi connectivity index (χ0v) is 12.5. The van der Waals surface area contributed by atoms with Crippen LogP contribution in [0.1, 0.15) is 18.9 Å². The molecule has 0 saturated carbocycles. The molecule has 1 unspecified atom stereocenters. The van der Waals surface area contributed by atoms with E-state index in [1.807, 2.05) is 42.3 Å². The van der Waals surface area contributed by atoms with Gasteiger partial charge in [0.05, 0.1) is 13.2 Å². The number of carbonyl (C=O) groups is 1. The van der Waals surface area contributed by atoms with Crippen LogP contribution in [-0.2, 0) is 20.7 Å². The maximum absolute atomic E-state index is 11.8. The molecule has 0 fully saturated rings. The van der Waals surface area contributed by atoms with Crippen LogP contribution in [-0.4, -0.2) is 32.6 Å². The minimum absolute atomic E-state index is 0.158. The summed E-state index contributed by atoms with van der Waals surface area (Å²) in [6.07, 6.45) is 4.95.